The zero-order chi connectivity index (χ0) is 16.2. The number of rotatable bonds is 4. The molecular weight excluding hydrogens is 310 g/mol. The SMILES string of the molecule is Cc1cc(Cl)ccc1NC(=O)c1ccc(NC2CCCC2)cn1. The number of nitrogens with one attached hydrogen (secondary N) is 2. The summed E-state index contributed by atoms with van der Waals surface area (Å²) in [6.45, 7) is 1.91. The van der Waals surface area contributed by atoms with Gasteiger partial charge in [-0.15, -0.1) is 0 Å². The zero-order valence-corrected chi connectivity index (χ0v) is 13.9. The van der Waals surface area contributed by atoms with Gasteiger partial charge in [0.05, 0.1) is 11.9 Å². The molecule has 1 saturated carbocycles. The fourth-order valence-corrected chi connectivity index (χ4v) is 3.10. The van der Waals surface area contributed by atoms with Gasteiger partial charge in [-0.1, -0.05) is 24.4 Å². The molecular formula is C18H20ClN3O. The minimum absolute atomic E-state index is 0.220. The Labute approximate surface area is 141 Å². The highest BCUT2D eigenvalue weighted by Gasteiger charge is 2.15. The van der Waals surface area contributed by atoms with Gasteiger partial charge < -0.3 is 10.6 Å². The van der Waals surface area contributed by atoms with Gasteiger partial charge in [-0.2, -0.15) is 0 Å². The van der Waals surface area contributed by atoms with Crippen molar-refractivity contribution in [1.29, 1.82) is 0 Å². The molecule has 4 nitrogen and oxygen atoms in total. The van der Waals surface area contributed by atoms with Crippen LogP contribution in [0.15, 0.2) is 36.5 Å². The van der Waals surface area contributed by atoms with Crippen LogP contribution in [0.1, 0.15) is 41.7 Å². The Morgan fingerprint density at radius 3 is 2.65 bits per heavy atom. The van der Waals surface area contributed by atoms with Gasteiger partial charge in [0.25, 0.3) is 5.91 Å². The number of halogens is 1. The van der Waals surface area contributed by atoms with Crippen LogP contribution >= 0.6 is 11.6 Å². The number of carbonyl (C=O) groups is 1. The van der Waals surface area contributed by atoms with Gasteiger partial charge in [0.15, 0.2) is 0 Å². The molecule has 5 heteroatoms. The second kappa shape index (κ2) is 7.01. The number of amides is 1. The third-order valence-corrected chi connectivity index (χ3v) is 4.39. The van der Waals surface area contributed by atoms with Gasteiger partial charge in [-0.05, 0) is 55.7 Å². The molecule has 0 spiro atoms. The molecule has 2 aromatic rings. The molecule has 1 amide bonds. The van der Waals surface area contributed by atoms with Crippen molar-refractivity contribution in [2.24, 2.45) is 0 Å². The molecule has 1 aliphatic carbocycles. The highest BCUT2D eigenvalue weighted by molar-refractivity contribution is 6.30. The lowest BCUT2D eigenvalue weighted by Gasteiger charge is -2.13. The summed E-state index contributed by atoms with van der Waals surface area (Å²) in [4.78, 5) is 16.5. The zero-order valence-electron chi connectivity index (χ0n) is 13.1. The van der Waals surface area contributed by atoms with Crippen LogP contribution in [0.3, 0.4) is 0 Å². The van der Waals surface area contributed by atoms with E-state index in [1.165, 1.54) is 25.7 Å². The molecule has 23 heavy (non-hydrogen) atoms. The Kier molecular flexibility index (Phi) is 4.82. The standard InChI is InChI=1S/C18H20ClN3O/c1-12-10-13(19)6-8-16(12)22-18(23)17-9-7-15(11-20-17)21-14-4-2-3-5-14/h6-11,14,21H,2-5H2,1H3,(H,22,23). The number of pyridine rings is 1. The molecule has 1 heterocycles. The fourth-order valence-electron chi connectivity index (χ4n) is 2.87. The number of hydrogen-bond donors (Lipinski definition) is 2. The van der Waals surface area contributed by atoms with Crippen LogP contribution in [0.4, 0.5) is 11.4 Å². The molecule has 1 aromatic heterocycles. The second-order valence-electron chi connectivity index (χ2n) is 5.97. The van der Waals surface area contributed by atoms with E-state index in [0.717, 1.165) is 16.9 Å². The first-order valence-corrected chi connectivity index (χ1v) is 8.30. The maximum absolute atomic E-state index is 12.3. The van der Waals surface area contributed by atoms with Crippen molar-refractivity contribution in [1.82, 2.24) is 4.98 Å². The first-order chi connectivity index (χ1) is 11.1. The van der Waals surface area contributed by atoms with E-state index in [9.17, 15) is 4.79 Å². The van der Waals surface area contributed by atoms with Gasteiger partial charge in [0, 0.05) is 16.8 Å². The van der Waals surface area contributed by atoms with Gasteiger partial charge in [-0.3, -0.25) is 4.79 Å². The van der Waals surface area contributed by atoms with E-state index in [1.54, 1.807) is 24.4 Å². The number of aryl methyl sites for hydroxylation is 1. The Hall–Kier alpha value is -2.07. The predicted molar refractivity (Wildman–Crippen MR) is 94.3 cm³/mol. The quantitative estimate of drug-likeness (QED) is 0.858. The number of aromatic nitrogens is 1. The van der Waals surface area contributed by atoms with E-state index >= 15 is 0 Å². The van der Waals surface area contributed by atoms with Gasteiger partial charge >= 0.3 is 0 Å². The van der Waals surface area contributed by atoms with Gasteiger partial charge in [0.2, 0.25) is 0 Å². The predicted octanol–water partition coefficient (Wildman–Crippen LogP) is 4.65. The summed E-state index contributed by atoms with van der Waals surface area (Å²) in [5.41, 5.74) is 3.03. The summed E-state index contributed by atoms with van der Waals surface area (Å²) in [5.74, 6) is -0.220. The molecule has 0 bridgehead atoms. The van der Waals surface area contributed by atoms with Crippen molar-refractivity contribution in [3.05, 3.63) is 52.8 Å². The lowest BCUT2D eigenvalue weighted by atomic mass is 10.2. The molecule has 0 radical (unpaired) electrons. The largest absolute Gasteiger partial charge is 0.381 e. The molecule has 0 saturated heterocycles. The Balaban J connectivity index is 1.65. The van der Waals surface area contributed by atoms with Crippen LogP contribution in [-0.4, -0.2) is 16.9 Å². The highest BCUT2D eigenvalue weighted by Crippen LogP contribution is 2.22. The first-order valence-electron chi connectivity index (χ1n) is 7.92. The molecule has 0 aliphatic heterocycles. The lowest BCUT2D eigenvalue weighted by molar-refractivity contribution is 0.102. The second-order valence-corrected chi connectivity index (χ2v) is 6.41. The summed E-state index contributed by atoms with van der Waals surface area (Å²) in [6, 6.07) is 9.57. The van der Waals surface area contributed by atoms with Crippen LogP contribution in [0.25, 0.3) is 0 Å². The maximum atomic E-state index is 12.3. The molecule has 1 fully saturated rings. The third-order valence-electron chi connectivity index (χ3n) is 4.16. The fraction of sp³-hybridized carbons (Fsp3) is 0.333. The third kappa shape index (κ3) is 4.02. The van der Waals surface area contributed by atoms with E-state index in [2.05, 4.69) is 15.6 Å². The Bertz CT molecular complexity index is 694. The van der Waals surface area contributed by atoms with Crippen molar-refractivity contribution < 1.29 is 4.79 Å². The van der Waals surface area contributed by atoms with Crippen molar-refractivity contribution in [2.45, 2.75) is 38.6 Å². The summed E-state index contributed by atoms with van der Waals surface area (Å²) in [7, 11) is 0. The summed E-state index contributed by atoms with van der Waals surface area (Å²) in [5, 5.41) is 6.98. The Morgan fingerprint density at radius 1 is 1.22 bits per heavy atom. The number of hydrogen-bond acceptors (Lipinski definition) is 3. The minimum Gasteiger partial charge on any atom is -0.381 e. The summed E-state index contributed by atoms with van der Waals surface area (Å²) in [6.07, 6.45) is 6.70. The number of benzene rings is 1. The average molecular weight is 330 g/mol. The van der Waals surface area contributed by atoms with Crippen molar-refractivity contribution in [3.63, 3.8) is 0 Å². The van der Waals surface area contributed by atoms with E-state index in [-0.39, 0.29) is 5.91 Å². The van der Waals surface area contributed by atoms with Crippen LogP contribution in [0, 0.1) is 6.92 Å². The minimum atomic E-state index is -0.220. The van der Waals surface area contributed by atoms with Crippen molar-refractivity contribution >= 4 is 28.9 Å². The van der Waals surface area contributed by atoms with Crippen LogP contribution in [-0.2, 0) is 0 Å². The van der Waals surface area contributed by atoms with Crippen molar-refractivity contribution in [2.75, 3.05) is 10.6 Å². The van der Waals surface area contributed by atoms with Crippen LogP contribution < -0.4 is 10.6 Å². The maximum Gasteiger partial charge on any atom is 0.274 e. The average Bonchev–Trinajstić information content (AvgIpc) is 3.04. The number of nitrogens with zero attached hydrogens (tertiary/aromatic N) is 1. The molecule has 1 aromatic carbocycles. The van der Waals surface area contributed by atoms with Crippen LogP contribution in [0.5, 0.6) is 0 Å². The monoisotopic (exact) mass is 329 g/mol. The molecule has 120 valence electrons. The number of anilines is 2. The van der Waals surface area contributed by atoms with E-state index < -0.39 is 0 Å². The van der Waals surface area contributed by atoms with Gasteiger partial charge in [0.1, 0.15) is 5.69 Å². The molecule has 0 atom stereocenters. The normalized spacial score (nSPS) is 14.7. The topological polar surface area (TPSA) is 54.0 Å². The molecule has 2 N–H and O–H groups in total. The van der Waals surface area contributed by atoms with Gasteiger partial charge in [-0.25, -0.2) is 4.98 Å². The smallest absolute Gasteiger partial charge is 0.274 e. The molecule has 0 unspecified atom stereocenters. The highest BCUT2D eigenvalue weighted by atomic mass is 35.5. The van der Waals surface area contributed by atoms with Crippen LogP contribution in [0.2, 0.25) is 5.02 Å². The summed E-state index contributed by atoms with van der Waals surface area (Å²) >= 11 is 5.93. The van der Waals surface area contributed by atoms with Crippen molar-refractivity contribution in [3.8, 4) is 0 Å². The van der Waals surface area contributed by atoms with E-state index in [1.807, 2.05) is 19.1 Å². The Morgan fingerprint density at radius 2 is 2.00 bits per heavy atom. The van der Waals surface area contributed by atoms with E-state index in [0.29, 0.717) is 16.8 Å². The summed E-state index contributed by atoms with van der Waals surface area (Å²) < 4.78 is 0. The van der Waals surface area contributed by atoms with E-state index in [4.69, 9.17) is 11.6 Å². The molecule has 1 aliphatic rings. The lowest BCUT2D eigenvalue weighted by Crippen LogP contribution is -2.16. The number of carbonyl (C=O) groups excluding carboxylic acids is 1. The first kappa shape index (κ1) is 15.8. The molecule has 3 rings (SSSR count).